The van der Waals surface area contributed by atoms with Gasteiger partial charge in [0.1, 0.15) is 29.2 Å². The van der Waals surface area contributed by atoms with E-state index in [1.165, 1.54) is 16.8 Å². The van der Waals surface area contributed by atoms with Crippen LogP contribution >= 0.6 is 0 Å². The Morgan fingerprint density at radius 1 is 1.14 bits per heavy atom. The van der Waals surface area contributed by atoms with Gasteiger partial charge < -0.3 is 30.2 Å². The van der Waals surface area contributed by atoms with Crippen LogP contribution in [0.1, 0.15) is 63.6 Å². The lowest BCUT2D eigenvalue weighted by Gasteiger charge is -2.27. The maximum Gasteiger partial charge on any atom is 0.338 e. The summed E-state index contributed by atoms with van der Waals surface area (Å²) in [6, 6.07) is 6.24. The standard InChI is InChI=1S/C26H31N3O7/c1-14-20(34-2)10-15(11-21(14)35-3)24(30)22(36-18-6-4-5-7-18)13-29-12-17-8-16(25(27)31)9-19(26(32)33)23(17)28-29/h8-12,18,22,24,30H,4-7,13H2,1-3H3,(H2,27,31)(H,32,33). The molecule has 0 bridgehead atoms. The largest absolute Gasteiger partial charge is 0.496 e. The number of carboxylic acid groups (broad SMARTS) is 1. The lowest BCUT2D eigenvalue weighted by atomic mass is 10.0. The molecule has 1 aliphatic rings. The van der Waals surface area contributed by atoms with Crippen molar-refractivity contribution in [1.29, 1.82) is 0 Å². The molecule has 10 nitrogen and oxygen atoms in total. The number of benzene rings is 2. The third-order valence-electron chi connectivity index (χ3n) is 6.68. The Bertz CT molecular complexity index is 1260. The monoisotopic (exact) mass is 497 g/mol. The molecule has 1 aromatic heterocycles. The van der Waals surface area contributed by atoms with Crippen molar-refractivity contribution in [3.05, 3.63) is 52.7 Å². The highest BCUT2D eigenvalue weighted by Gasteiger charge is 2.29. The summed E-state index contributed by atoms with van der Waals surface area (Å²) in [4.78, 5) is 23.5. The average Bonchev–Trinajstić information content (AvgIpc) is 3.51. The SMILES string of the molecule is COc1cc(C(O)C(Cn2cc3cc(C(N)=O)cc(C(=O)O)c3n2)OC2CCCC2)cc(OC)c1C. The second-order valence-electron chi connectivity index (χ2n) is 9.06. The maximum atomic E-state index is 11.8. The number of primary amides is 1. The fourth-order valence-corrected chi connectivity index (χ4v) is 4.75. The van der Waals surface area contributed by atoms with Crippen molar-refractivity contribution in [3.63, 3.8) is 0 Å². The van der Waals surface area contributed by atoms with Crippen LogP contribution in [0.2, 0.25) is 0 Å². The van der Waals surface area contributed by atoms with Crippen molar-refractivity contribution in [3.8, 4) is 11.5 Å². The molecule has 4 rings (SSSR count). The summed E-state index contributed by atoms with van der Waals surface area (Å²) in [6.45, 7) is 2.02. The number of methoxy groups -OCH3 is 2. The zero-order valence-corrected chi connectivity index (χ0v) is 20.6. The van der Waals surface area contributed by atoms with Crippen molar-refractivity contribution in [2.24, 2.45) is 5.73 Å². The van der Waals surface area contributed by atoms with Gasteiger partial charge in [-0.05, 0) is 49.6 Å². The van der Waals surface area contributed by atoms with Gasteiger partial charge in [-0.1, -0.05) is 12.8 Å². The zero-order chi connectivity index (χ0) is 26.0. The van der Waals surface area contributed by atoms with Gasteiger partial charge >= 0.3 is 5.97 Å². The number of carbonyl (C=O) groups excluding carboxylic acids is 1. The van der Waals surface area contributed by atoms with E-state index < -0.39 is 24.1 Å². The van der Waals surface area contributed by atoms with Gasteiger partial charge in [0.15, 0.2) is 0 Å². The van der Waals surface area contributed by atoms with Crippen molar-refractivity contribution in [2.75, 3.05) is 14.2 Å². The number of amides is 1. The molecular weight excluding hydrogens is 466 g/mol. The van der Waals surface area contributed by atoms with Crippen LogP contribution in [0.15, 0.2) is 30.5 Å². The molecule has 1 fully saturated rings. The van der Waals surface area contributed by atoms with Gasteiger partial charge in [0.05, 0.1) is 32.4 Å². The minimum atomic E-state index is -1.22. The second-order valence-corrected chi connectivity index (χ2v) is 9.06. The van der Waals surface area contributed by atoms with Gasteiger partial charge in [-0.15, -0.1) is 0 Å². The first kappa shape index (κ1) is 25.5. The van der Waals surface area contributed by atoms with Gasteiger partial charge in [-0.2, -0.15) is 5.10 Å². The first-order valence-corrected chi connectivity index (χ1v) is 11.8. The van der Waals surface area contributed by atoms with Gasteiger partial charge in [-0.3, -0.25) is 9.48 Å². The number of rotatable bonds is 10. The molecule has 2 unspecified atom stereocenters. The molecule has 3 aromatic rings. The van der Waals surface area contributed by atoms with Crippen molar-refractivity contribution < 1.29 is 34.0 Å². The second kappa shape index (κ2) is 10.5. The Hall–Kier alpha value is -3.63. The lowest BCUT2D eigenvalue weighted by Crippen LogP contribution is -2.31. The fourth-order valence-electron chi connectivity index (χ4n) is 4.75. The smallest absolute Gasteiger partial charge is 0.338 e. The molecule has 10 heteroatoms. The molecular formula is C26H31N3O7. The van der Waals surface area contributed by atoms with Gasteiger partial charge in [-0.25, -0.2) is 4.79 Å². The molecule has 1 heterocycles. The third-order valence-corrected chi connectivity index (χ3v) is 6.68. The van der Waals surface area contributed by atoms with Crippen LogP contribution in [0, 0.1) is 6.92 Å². The molecule has 36 heavy (non-hydrogen) atoms. The molecule has 0 aliphatic heterocycles. The number of carboxylic acids is 1. The van der Waals surface area contributed by atoms with Gasteiger partial charge in [0.25, 0.3) is 0 Å². The van der Waals surface area contributed by atoms with Crippen LogP contribution < -0.4 is 15.2 Å². The highest BCUT2D eigenvalue weighted by atomic mass is 16.5. The normalized spacial score (nSPS) is 15.7. The highest BCUT2D eigenvalue weighted by Crippen LogP contribution is 2.35. The van der Waals surface area contributed by atoms with Crippen molar-refractivity contribution >= 4 is 22.8 Å². The number of hydrogen-bond donors (Lipinski definition) is 3. The minimum absolute atomic E-state index is 0.0000809. The zero-order valence-electron chi connectivity index (χ0n) is 20.6. The topological polar surface area (TPSA) is 146 Å². The van der Waals surface area contributed by atoms with Gasteiger partial charge in [0.2, 0.25) is 5.91 Å². The van der Waals surface area contributed by atoms with Crippen LogP contribution in [0.25, 0.3) is 10.9 Å². The first-order valence-electron chi connectivity index (χ1n) is 11.8. The van der Waals surface area contributed by atoms with E-state index in [1.54, 1.807) is 32.5 Å². The summed E-state index contributed by atoms with van der Waals surface area (Å²) in [5.74, 6) is -0.783. The van der Waals surface area contributed by atoms with Crippen LogP contribution in [-0.2, 0) is 11.3 Å². The summed E-state index contributed by atoms with van der Waals surface area (Å²) in [6.07, 6.45) is 3.81. The van der Waals surface area contributed by atoms with E-state index in [1.807, 2.05) is 6.92 Å². The molecule has 2 atom stereocenters. The van der Waals surface area contributed by atoms with Crippen molar-refractivity contribution in [1.82, 2.24) is 9.78 Å². The Morgan fingerprint density at radius 2 is 1.78 bits per heavy atom. The van der Waals surface area contributed by atoms with Gasteiger partial charge in [0, 0.05) is 22.7 Å². The number of carbonyl (C=O) groups is 2. The predicted octanol–water partition coefficient (Wildman–Crippen LogP) is 3.22. The number of aromatic carboxylic acids is 1. The molecule has 2 aromatic carbocycles. The van der Waals surface area contributed by atoms with E-state index in [0.717, 1.165) is 31.2 Å². The molecule has 1 amide bonds. The molecule has 1 aliphatic carbocycles. The van der Waals surface area contributed by atoms with Crippen LogP contribution in [0.3, 0.4) is 0 Å². The number of hydrogen-bond acceptors (Lipinski definition) is 7. The molecule has 0 spiro atoms. The van der Waals surface area contributed by atoms with E-state index in [-0.39, 0.29) is 29.3 Å². The van der Waals surface area contributed by atoms with Crippen LogP contribution in [0.4, 0.5) is 0 Å². The Morgan fingerprint density at radius 3 is 2.33 bits per heavy atom. The number of aliphatic hydroxyl groups excluding tert-OH is 1. The lowest BCUT2D eigenvalue weighted by molar-refractivity contribution is -0.0845. The number of fused-ring (bicyclic) bond motifs is 1. The van der Waals surface area contributed by atoms with Crippen LogP contribution in [0.5, 0.6) is 11.5 Å². The minimum Gasteiger partial charge on any atom is -0.496 e. The number of nitrogens with zero attached hydrogens (tertiary/aromatic N) is 2. The molecule has 4 N–H and O–H groups in total. The molecule has 1 saturated carbocycles. The number of aromatic nitrogens is 2. The Labute approximate surface area is 208 Å². The predicted molar refractivity (Wildman–Crippen MR) is 132 cm³/mol. The average molecular weight is 498 g/mol. The quantitative estimate of drug-likeness (QED) is 0.387. The first-order chi connectivity index (χ1) is 17.2. The number of ether oxygens (including phenoxy) is 3. The van der Waals surface area contributed by atoms with E-state index in [2.05, 4.69) is 5.10 Å². The number of aliphatic hydroxyl groups is 1. The molecule has 192 valence electrons. The van der Waals surface area contributed by atoms with E-state index >= 15 is 0 Å². The van der Waals surface area contributed by atoms with Crippen molar-refractivity contribution in [2.45, 2.75) is 57.5 Å². The summed E-state index contributed by atoms with van der Waals surface area (Å²) in [7, 11) is 3.11. The third kappa shape index (κ3) is 5.14. The van der Waals surface area contributed by atoms with E-state index in [0.29, 0.717) is 22.4 Å². The Kier molecular flexibility index (Phi) is 7.46. The van der Waals surface area contributed by atoms with E-state index in [9.17, 15) is 19.8 Å². The molecule has 0 saturated heterocycles. The summed E-state index contributed by atoms with van der Waals surface area (Å²) in [5, 5.41) is 26.0. The highest BCUT2D eigenvalue weighted by molar-refractivity contribution is 6.06. The summed E-state index contributed by atoms with van der Waals surface area (Å²) < 4.78 is 18.8. The number of nitrogens with two attached hydrogens (primary N) is 1. The maximum absolute atomic E-state index is 11.8. The summed E-state index contributed by atoms with van der Waals surface area (Å²) in [5.41, 5.74) is 6.94. The Balaban J connectivity index is 1.72. The fraction of sp³-hybridized carbons (Fsp3) is 0.423. The summed E-state index contributed by atoms with van der Waals surface area (Å²) >= 11 is 0. The van der Waals surface area contributed by atoms with E-state index in [4.69, 9.17) is 19.9 Å². The van der Waals surface area contributed by atoms with Crippen LogP contribution in [-0.4, -0.2) is 58.3 Å². The molecule has 0 radical (unpaired) electrons.